The van der Waals surface area contributed by atoms with E-state index in [0.29, 0.717) is 37.5 Å². The molecule has 4 fully saturated rings. The molecule has 6 aliphatic rings. The van der Waals surface area contributed by atoms with Crippen molar-refractivity contribution < 1.29 is 57.8 Å². The highest BCUT2D eigenvalue weighted by Crippen LogP contribution is 2.43. The number of likely N-dealkylation sites (tertiary alicyclic amines) is 2. The highest BCUT2D eigenvalue weighted by atomic mass is 16.7. The highest BCUT2D eigenvalue weighted by molar-refractivity contribution is 6.03. The number of nitrogens with zero attached hydrogens (tertiary/aromatic N) is 4. The lowest BCUT2D eigenvalue weighted by Crippen LogP contribution is -2.57. The van der Waals surface area contributed by atoms with E-state index in [2.05, 4.69) is 20.9 Å². The van der Waals surface area contributed by atoms with Gasteiger partial charge < -0.3 is 49.4 Å². The first-order chi connectivity index (χ1) is 37.2. The molecule has 2 aliphatic carbocycles. The van der Waals surface area contributed by atoms with Gasteiger partial charge >= 0.3 is 11.9 Å². The van der Waals surface area contributed by atoms with Crippen LogP contribution < -0.4 is 20.1 Å². The molecule has 80 heavy (non-hydrogen) atoms. The van der Waals surface area contributed by atoms with Crippen molar-refractivity contribution in [2.75, 3.05) is 34.4 Å². The van der Waals surface area contributed by atoms with Crippen LogP contribution in [0.3, 0.4) is 0 Å². The van der Waals surface area contributed by atoms with Gasteiger partial charge in [0.1, 0.15) is 35.7 Å². The van der Waals surface area contributed by atoms with Crippen LogP contribution in [0.25, 0.3) is 0 Å². The van der Waals surface area contributed by atoms with E-state index in [4.69, 9.17) is 23.9 Å². The Kier molecular flexibility index (Phi) is 20.2. The number of hydrogen-bond donors (Lipinski definition) is 3. The first-order valence-corrected chi connectivity index (χ1v) is 28.5. The Morgan fingerprint density at radius 3 is 1.29 bits per heavy atom. The minimum absolute atomic E-state index is 0. The van der Waals surface area contributed by atoms with Gasteiger partial charge in [-0.05, 0) is 123 Å². The maximum atomic E-state index is 14.1. The Morgan fingerprint density at radius 1 is 0.613 bits per heavy atom. The van der Waals surface area contributed by atoms with E-state index in [1.165, 1.54) is 29.8 Å². The summed E-state index contributed by atoms with van der Waals surface area (Å²) in [5.41, 5.74) is 4.29. The number of carboxylic acid groups (broad SMARTS) is 1. The van der Waals surface area contributed by atoms with Crippen LogP contribution in [0.1, 0.15) is 185 Å². The van der Waals surface area contributed by atoms with E-state index in [1.807, 2.05) is 93.5 Å². The molecule has 8 rings (SSSR count). The third-order valence-electron chi connectivity index (χ3n) is 17.0. The third-order valence-corrected chi connectivity index (χ3v) is 17.0. The number of carbonyl (C=O) groups excluding carboxylic acids is 5. The quantitative estimate of drug-likeness (QED) is 0.151. The SMILES string of the molecule is C.COC(=O)[C@@H]1C[C@]2(CC(c3cc(C)c(OC)c(C)c3)=NO2)CN1C(=O)[C@@H](NC(=O)CC1CCCCC1)C(C)(C)C.COc1c(C)cc(C2=NO[C@]3(C2)C[C@@H](C(=O)O)N(C(=O)[C@@H](NC(=O)CC2CCCCC2)C(C)(C)C)C3)cc1C. The Bertz CT molecular complexity index is 2630. The number of amides is 4. The summed E-state index contributed by atoms with van der Waals surface area (Å²) in [5.74, 6) is -0.203. The van der Waals surface area contributed by atoms with E-state index in [-0.39, 0.29) is 51.1 Å². The number of carboxylic acids is 1. The van der Waals surface area contributed by atoms with E-state index in [1.54, 1.807) is 14.2 Å². The molecule has 18 heteroatoms. The van der Waals surface area contributed by atoms with Gasteiger partial charge in [-0.3, -0.25) is 19.2 Å². The van der Waals surface area contributed by atoms with Crippen LogP contribution in [0.5, 0.6) is 11.5 Å². The molecule has 18 nitrogen and oxygen atoms in total. The number of hydrogen-bond acceptors (Lipinski definition) is 13. The van der Waals surface area contributed by atoms with Gasteiger partial charge in [-0.15, -0.1) is 0 Å². The molecule has 2 aromatic rings. The van der Waals surface area contributed by atoms with Gasteiger partial charge in [0.2, 0.25) is 23.6 Å². The van der Waals surface area contributed by atoms with Gasteiger partial charge in [-0.25, -0.2) is 9.59 Å². The number of methoxy groups -OCH3 is 3. The van der Waals surface area contributed by atoms with Gasteiger partial charge in [0, 0.05) is 49.7 Å². The fourth-order valence-electron chi connectivity index (χ4n) is 12.9. The molecule has 2 spiro atoms. The zero-order valence-electron chi connectivity index (χ0n) is 49.2. The minimum atomic E-state index is -1.09. The summed E-state index contributed by atoms with van der Waals surface area (Å²) in [6.45, 7) is 19.6. The Hall–Kier alpha value is -6.20. The molecule has 2 saturated heterocycles. The van der Waals surface area contributed by atoms with Gasteiger partial charge in [-0.2, -0.15) is 0 Å². The summed E-state index contributed by atoms with van der Waals surface area (Å²) in [7, 11) is 4.61. The van der Waals surface area contributed by atoms with E-state index in [9.17, 15) is 33.9 Å². The molecular weight excluding hydrogens is 1020 g/mol. The molecule has 0 bridgehead atoms. The molecule has 2 aromatic carbocycles. The zero-order chi connectivity index (χ0) is 57.8. The van der Waals surface area contributed by atoms with Crippen LogP contribution in [0, 0.1) is 50.4 Å². The second-order valence-corrected chi connectivity index (χ2v) is 25.6. The van der Waals surface area contributed by atoms with Crippen molar-refractivity contribution in [3.05, 3.63) is 57.6 Å². The second kappa shape index (κ2) is 25.7. The van der Waals surface area contributed by atoms with Crippen LogP contribution in [-0.2, 0) is 43.2 Å². The monoisotopic (exact) mass is 1110 g/mol. The number of aryl methyl sites for hydroxylation is 4. The number of carbonyl (C=O) groups is 6. The Morgan fingerprint density at radius 2 is 0.963 bits per heavy atom. The average Bonchev–Trinajstić information content (AvgIpc) is 4.42. The van der Waals surface area contributed by atoms with Gasteiger partial charge in [0.15, 0.2) is 11.2 Å². The van der Waals surface area contributed by atoms with Crippen molar-refractivity contribution in [1.29, 1.82) is 0 Å². The van der Waals surface area contributed by atoms with Crippen LogP contribution in [0.4, 0.5) is 0 Å². The van der Waals surface area contributed by atoms with Gasteiger partial charge in [-0.1, -0.05) is 97.8 Å². The van der Waals surface area contributed by atoms with Crippen molar-refractivity contribution in [2.45, 2.75) is 215 Å². The average molecular weight is 1110 g/mol. The summed E-state index contributed by atoms with van der Waals surface area (Å²) < 4.78 is 16.1. The molecule has 6 atom stereocenters. The molecule has 4 aliphatic heterocycles. The molecule has 0 aromatic heterocycles. The summed E-state index contributed by atoms with van der Waals surface area (Å²) in [6, 6.07) is 4.46. The number of benzene rings is 2. The fourth-order valence-corrected chi connectivity index (χ4v) is 12.9. The van der Waals surface area contributed by atoms with Gasteiger partial charge in [0.25, 0.3) is 0 Å². The summed E-state index contributed by atoms with van der Waals surface area (Å²) in [4.78, 5) is 94.2. The van der Waals surface area contributed by atoms with Crippen LogP contribution >= 0.6 is 0 Å². The van der Waals surface area contributed by atoms with E-state index < -0.39 is 64.0 Å². The first kappa shape index (κ1) is 63.0. The summed E-state index contributed by atoms with van der Waals surface area (Å²) in [5, 5.41) is 24.9. The predicted octanol–water partition coefficient (Wildman–Crippen LogP) is 9.45. The molecule has 4 heterocycles. The number of aliphatic carboxylic acids is 1. The normalized spacial score (nSPS) is 23.8. The standard InChI is InChI=1S/C31H45N3O6.C30H43N3O6.CH4/c1-19-13-22(14-20(2)26(19)38-6)23-16-31(40-33-23)17-24(29(37)39-7)34(18-31)28(36)27(30(3,4)5)32-25(35)15-21-11-9-8-10-12-21;1-18-12-21(13-19(2)25(18)38-6)22-15-30(39-32-22)16-23(28(36)37)33(17-30)27(35)26(29(3,4)5)31-24(34)14-20-10-8-7-9-11-20;/h13-14,21,24,27H,8-12,15-18H2,1-7H3,(H,32,35);12-13,20,23,26H,7-11,14-17H2,1-6H3,(H,31,34)(H,36,37);1H4/t24-,27+,31+;23-,26+,30+;/m00./s1. The van der Waals surface area contributed by atoms with Gasteiger partial charge in [0.05, 0.1) is 45.8 Å². The van der Waals surface area contributed by atoms with Crippen molar-refractivity contribution in [3.8, 4) is 11.5 Å². The zero-order valence-corrected chi connectivity index (χ0v) is 49.2. The molecule has 0 radical (unpaired) electrons. The summed E-state index contributed by atoms with van der Waals surface area (Å²) >= 11 is 0. The third kappa shape index (κ3) is 14.5. The largest absolute Gasteiger partial charge is 0.496 e. The molecule has 3 N–H and O–H groups in total. The van der Waals surface area contributed by atoms with Crippen LogP contribution in [-0.4, -0.2) is 132 Å². The van der Waals surface area contributed by atoms with Crippen molar-refractivity contribution >= 4 is 47.0 Å². The van der Waals surface area contributed by atoms with Crippen molar-refractivity contribution in [3.63, 3.8) is 0 Å². The lowest BCUT2D eigenvalue weighted by atomic mass is 9.84. The topological polar surface area (TPSA) is 224 Å². The number of ether oxygens (including phenoxy) is 3. The number of nitrogens with one attached hydrogen (secondary N) is 2. The predicted molar refractivity (Wildman–Crippen MR) is 307 cm³/mol. The Balaban J connectivity index is 0.000000255. The highest BCUT2D eigenvalue weighted by Gasteiger charge is 2.57. The number of oxime groups is 2. The fraction of sp³-hybridized carbons (Fsp3) is 0.677. The maximum Gasteiger partial charge on any atom is 0.328 e. The lowest BCUT2D eigenvalue weighted by molar-refractivity contribution is -0.153. The van der Waals surface area contributed by atoms with E-state index >= 15 is 0 Å². The molecular formula is C62H92N6O12. The first-order valence-electron chi connectivity index (χ1n) is 28.5. The minimum Gasteiger partial charge on any atom is -0.496 e. The lowest BCUT2D eigenvalue weighted by Gasteiger charge is -2.35. The number of rotatable bonds is 14. The second-order valence-electron chi connectivity index (χ2n) is 25.6. The molecule has 4 amide bonds. The molecule has 442 valence electrons. The number of esters is 1. The molecule has 0 unspecified atom stereocenters. The molecule has 2 saturated carbocycles. The van der Waals surface area contributed by atoms with Crippen LogP contribution in [0.2, 0.25) is 0 Å². The summed E-state index contributed by atoms with van der Waals surface area (Å²) in [6.07, 6.45) is 13.2. The maximum absolute atomic E-state index is 14.1. The van der Waals surface area contributed by atoms with E-state index in [0.717, 1.165) is 108 Å². The van der Waals surface area contributed by atoms with Crippen LogP contribution in [0.15, 0.2) is 34.6 Å². The smallest absolute Gasteiger partial charge is 0.328 e. The Labute approximate surface area is 474 Å². The van der Waals surface area contributed by atoms with Crippen molar-refractivity contribution in [1.82, 2.24) is 20.4 Å². The van der Waals surface area contributed by atoms with Crippen molar-refractivity contribution in [2.24, 2.45) is 33.0 Å².